The Morgan fingerprint density at radius 2 is 0.789 bits per heavy atom. The van der Waals surface area contributed by atoms with E-state index < -0.39 is 0 Å². The third kappa shape index (κ3) is 3.04. The Labute approximate surface area is 227 Å². The van der Waals surface area contributed by atoms with Crippen LogP contribution in [-0.2, 0) is 10.8 Å². The van der Waals surface area contributed by atoms with Crippen molar-refractivity contribution < 1.29 is 0 Å². The van der Waals surface area contributed by atoms with Gasteiger partial charge in [0.25, 0.3) is 0 Å². The molecule has 0 saturated heterocycles. The summed E-state index contributed by atoms with van der Waals surface area (Å²) in [5, 5.41) is 0. The minimum Gasteiger partial charge on any atom is -0.0622 e. The van der Waals surface area contributed by atoms with Crippen molar-refractivity contribution >= 4 is 0 Å². The number of aryl methyl sites for hydroxylation is 2. The molecule has 0 aliphatic heterocycles. The maximum atomic E-state index is 2.46. The highest BCUT2D eigenvalue weighted by Gasteiger charge is 2.46. The zero-order valence-corrected chi connectivity index (χ0v) is 23.2. The largest absolute Gasteiger partial charge is 0.0622 e. The molecule has 7 rings (SSSR count). The van der Waals surface area contributed by atoms with Crippen LogP contribution in [-0.4, -0.2) is 0 Å². The van der Waals surface area contributed by atoms with Gasteiger partial charge >= 0.3 is 0 Å². The fraction of sp³-hybridized carbons (Fsp3) is 0.211. The summed E-state index contributed by atoms with van der Waals surface area (Å²) in [5.74, 6) is 0. The molecule has 0 bridgehead atoms. The normalized spacial score (nSPS) is 15.5. The molecule has 0 aromatic heterocycles. The van der Waals surface area contributed by atoms with Gasteiger partial charge in [0.2, 0.25) is 0 Å². The maximum Gasteiger partial charge on any atom is 0.0162 e. The van der Waals surface area contributed by atoms with Gasteiger partial charge in [-0.25, -0.2) is 0 Å². The van der Waals surface area contributed by atoms with E-state index in [9.17, 15) is 0 Å². The van der Waals surface area contributed by atoms with Crippen LogP contribution in [0.4, 0.5) is 0 Å². The van der Waals surface area contributed by atoms with E-state index in [2.05, 4.69) is 139 Å². The number of rotatable bonds is 2. The van der Waals surface area contributed by atoms with Gasteiger partial charge in [0.15, 0.2) is 0 Å². The fourth-order valence-electron chi connectivity index (χ4n) is 7.46. The van der Waals surface area contributed by atoms with Crippen LogP contribution >= 0.6 is 0 Å². The van der Waals surface area contributed by atoms with E-state index in [1.165, 1.54) is 77.9 Å². The summed E-state index contributed by atoms with van der Waals surface area (Å²) in [6, 6.07) is 36.1. The molecule has 0 amide bonds. The molecule has 0 nitrogen and oxygen atoms in total. The average molecular weight is 491 g/mol. The summed E-state index contributed by atoms with van der Waals surface area (Å²) in [4.78, 5) is 0. The summed E-state index contributed by atoms with van der Waals surface area (Å²) in [6.45, 7) is 14.3. The first kappa shape index (κ1) is 23.2. The van der Waals surface area contributed by atoms with E-state index in [0.717, 1.165) is 0 Å². The molecule has 2 aliphatic rings. The van der Waals surface area contributed by atoms with Gasteiger partial charge in [0.05, 0.1) is 0 Å². The van der Waals surface area contributed by atoms with Crippen LogP contribution in [0.15, 0.2) is 97.1 Å². The molecule has 186 valence electrons. The summed E-state index contributed by atoms with van der Waals surface area (Å²) in [7, 11) is 0. The number of benzene rings is 5. The van der Waals surface area contributed by atoms with E-state index in [0.29, 0.717) is 0 Å². The predicted octanol–water partition coefficient (Wildman–Crippen LogP) is 10.3. The third-order valence-electron chi connectivity index (χ3n) is 9.23. The molecule has 0 saturated carbocycles. The molecule has 0 fully saturated rings. The molecule has 0 spiro atoms. The van der Waals surface area contributed by atoms with Crippen LogP contribution in [0.5, 0.6) is 0 Å². The van der Waals surface area contributed by atoms with Gasteiger partial charge in [-0.2, -0.15) is 0 Å². The minimum absolute atomic E-state index is 0.0823. The molecule has 0 atom stereocenters. The quantitative estimate of drug-likeness (QED) is 0.231. The highest BCUT2D eigenvalue weighted by molar-refractivity contribution is 5.94. The number of fused-ring (bicyclic) bond motifs is 7. The lowest BCUT2D eigenvalue weighted by atomic mass is 9.72. The van der Waals surface area contributed by atoms with Crippen molar-refractivity contribution in [3.05, 3.63) is 130 Å². The molecule has 0 N–H and O–H groups in total. The molecule has 5 aromatic rings. The summed E-state index contributed by atoms with van der Waals surface area (Å²) in [5.41, 5.74) is 19.4. The van der Waals surface area contributed by atoms with Crippen LogP contribution in [0.2, 0.25) is 0 Å². The lowest BCUT2D eigenvalue weighted by Gasteiger charge is -2.31. The lowest BCUT2D eigenvalue weighted by Crippen LogP contribution is -2.24. The van der Waals surface area contributed by atoms with Gasteiger partial charge in [-0.15, -0.1) is 0 Å². The van der Waals surface area contributed by atoms with E-state index >= 15 is 0 Å². The highest BCUT2D eigenvalue weighted by atomic mass is 14.5. The first-order valence-corrected chi connectivity index (χ1v) is 13.8. The van der Waals surface area contributed by atoms with Crippen LogP contribution in [0.3, 0.4) is 0 Å². The van der Waals surface area contributed by atoms with Crippen LogP contribution < -0.4 is 0 Å². The number of hydrogen-bond donors (Lipinski definition) is 0. The molecule has 0 radical (unpaired) electrons. The molecular formula is C38H34. The highest BCUT2D eigenvalue weighted by Crippen LogP contribution is 2.60. The summed E-state index contributed by atoms with van der Waals surface area (Å²) >= 11 is 0. The van der Waals surface area contributed by atoms with Crippen LogP contribution in [0, 0.1) is 13.8 Å². The Hall–Kier alpha value is -3.90. The smallest absolute Gasteiger partial charge is 0.0162 e. The van der Waals surface area contributed by atoms with Gasteiger partial charge in [-0.3, -0.25) is 0 Å². The molecule has 2 aliphatic carbocycles. The molecule has 0 unspecified atom stereocenters. The van der Waals surface area contributed by atoms with Crippen molar-refractivity contribution in [1.82, 2.24) is 0 Å². The first-order chi connectivity index (χ1) is 18.2. The van der Waals surface area contributed by atoms with Gasteiger partial charge in [-0.1, -0.05) is 113 Å². The first-order valence-electron chi connectivity index (χ1n) is 13.8. The monoisotopic (exact) mass is 490 g/mol. The molecule has 38 heavy (non-hydrogen) atoms. The molecular weight excluding hydrogens is 456 g/mol. The second kappa shape index (κ2) is 7.81. The molecule has 0 heterocycles. The second-order valence-corrected chi connectivity index (χ2v) is 12.3. The Morgan fingerprint density at radius 3 is 1.16 bits per heavy atom. The minimum atomic E-state index is -0.0823. The maximum absolute atomic E-state index is 2.46. The van der Waals surface area contributed by atoms with E-state index in [4.69, 9.17) is 0 Å². The fourth-order valence-corrected chi connectivity index (χ4v) is 7.46. The molecule has 5 aromatic carbocycles. The Balaban J connectivity index is 1.46. The Kier molecular flexibility index (Phi) is 4.77. The van der Waals surface area contributed by atoms with Crippen molar-refractivity contribution in [3.8, 4) is 44.5 Å². The van der Waals surface area contributed by atoms with Crippen LogP contribution in [0.1, 0.15) is 61.1 Å². The van der Waals surface area contributed by atoms with Crippen molar-refractivity contribution in [1.29, 1.82) is 0 Å². The average Bonchev–Trinajstić information content (AvgIpc) is 3.29. The third-order valence-corrected chi connectivity index (χ3v) is 9.23. The zero-order valence-electron chi connectivity index (χ0n) is 23.2. The van der Waals surface area contributed by atoms with E-state index in [1.54, 1.807) is 0 Å². The Bertz CT molecular complexity index is 1620. The SMILES string of the molecule is Cc1cc(-c2ccccc2)cc2c1-c1ccc3c(c1C2(C)C)C(C)(C)c1cc(-c2ccccc2)cc(C)c1-3. The van der Waals surface area contributed by atoms with Gasteiger partial charge in [-0.05, 0) is 104 Å². The summed E-state index contributed by atoms with van der Waals surface area (Å²) in [6.07, 6.45) is 0. The molecule has 0 heteroatoms. The second-order valence-electron chi connectivity index (χ2n) is 12.3. The van der Waals surface area contributed by atoms with Crippen molar-refractivity contribution in [2.24, 2.45) is 0 Å². The van der Waals surface area contributed by atoms with Crippen molar-refractivity contribution in [3.63, 3.8) is 0 Å². The zero-order chi connectivity index (χ0) is 26.4. The van der Waals surface area contributed by atoms with Crippen LogP contribution in [0.25, 0.3) is 44.5 Å². The van der Waals surface area contributed by atoms with E-state index in [1.807, 2.05) is 0 Å². The topological polar surface area (TPSA) is 0 Å². The lowest BCUT2D eigenvalue weighted by molar-refractivity contribution is 0.601. The van der Waals surface area contributed by atoms with Gasteiger partial charge in [0, 0.05) is 10.8 Å². The standard InChI is InChI=1S/C38H34/c1-23-19-27(25-13-9-7-10-14-25)21-31-33(23)29-17-18-30-34-24(2)20-28(26-15-11-8-12-16-26)22-32(34)38(5,6)36(30)35(29)37(31,3)4/h7-22H,1-6H3. The number of hydrogen-bond acceptors (Lipinski definition) is 0. The predicted molar refractivity (Wildman–Crippen MR) is 162 cm³/mol. The summed E-state index contributed by atoms with van der Waals surface area (Å²) < 4.78 is 0. The van der Waals surface area contributed by atoms with Crippen molar-refractivity contribution in [2.45, 2.75) is 52.4 Å². The Morgan fingerprint density at radius 1 is 0.421 bits per heavy atom. The van der Waals surface area contributed by atoms with Crippen molar-refractivity contribution in [2.75, 3.05) is 0 Å². The van der Waals surface area contributed by atoms with Gasteiger partial charge in [0.1, 0.15) is 0 Å². The van der Waals surface area contributed by atoms with Gasteiger partial charge < -0.3 is 0 Å². The van der Waals surface area contributed by atoms with E-state index in [-0.39, 0.29) is 10.8 Å².